The molecule has 10 heteroatoms. The Morgan fingerprint density at radius 2 is 1.93 bits per heavy atom. The number of hydrogen-bond acceptors (Lipinski definition) is 5. The Balaban J connectivity index is 1.74. The molecule has 2 rings (SSSR count). The number of benzene rings is 1. The van der Waals surface area contributed by atoms with E-state index >= 15 is 0 Å². The number of halogens is 4. The molecule has 0 spiro atoms. The molecule has 1 aromatic rings. The summed E-state index contributed by atoms with van der Waals surface area (Å²) >= 11 is 3.20. The summed E-state index contributed by atoms with van der Waals surface area (Å²) < 4.78 is 52.2. The van der Waals surface area contributed by atoms with Gasteiger partial charge in [-0.15, -0.1) is 13.2 Å². The number of alkyl halides is 3. The Kier molecular flexibility index (Phi) is 8.27. The summed E-state index contributed by atoms with van der Waals surface area (Å²) in [6, 6.07) is 4.07. The lowest BCUT2D eigenvalue weighted by atomic mass is 10.2. The third-order valence-corrected chi connectivity index (χ3v) is 5.02. The monoisotopic (exact) mass is 496 g/mol. The van der Waals surface area contributed by atoms with Crippen LogP contribution in [-0.2, 0) is 4.74 Å². The maximum atomic E-state index is 12.3. The van der Waals surface area contributed by atoms with Crippen LogP contribution in [0.15, 0.2) is 22.7 Å². The predicted molar refractivity (Wildman–Crippen MR) is 110 cm³/mol. The highest BCUT2D eigenvalue weighted by Gasteiger charge is 2.31. The molecule has 0 bridgehead atoms. The molecule has 0 aliphatic carbocycles. The minimum Gasteiger partial charge on any atom is -0.492 e. The number of piperazine rings is 1. The fourth-order valence-electron chi connectivity index (χ4n) is 3.07. The highest BCUT2D eigenvalue weighted by Crippen LogP contribution is 2.32. The van der Waals surface area contributed by atoms with Gasteiger partial charge in [0.25, 0.3) is 0 Å². The summed E-state index contributed by atoms with van der Waals surface area (Å²) in [6.45, 7) is 10.8. The zero-order valence-electron chi connectivity index (χ0n) is 17.6. The van der Waals surface area contributed by atoms with Gasteiger partial charge in [-0.25, -0.2) is 4.79 Å². The second kappa shape index (κ2) is 10.1. The van der Waals surface area contributed by atoms with E-state index in [2.05, 4.69) is 32.5 Å². The maximum Gasteiger partial charge on any atom is 0.573 e. The molecular weight excluding hydrogens is 469 g/mol. The van der Waals surface area contributed by atoms with Crippen molar-refractivity contribution in [3.05, 3.63) is 22.7 Å². The van der Waals surface area contributed by atoms with Crippen molar-refractivity contribution in [2.24, 2.45) is 0 Å². The molecule has 0 radical (unpaired) electrons. The van der Waals surface area contributed by atoms with Crippen molar-refractivity contribution < 1.29 is 32.2 Å². The van der Waals surface area contributed by atoms with Crippen LogP contribution < -0.4 is 9.47 Å². The lowest BCUT2D eigenvalue weighted by molar-refractivity contribution is -0.274. The van der Waals surface area contributed by atoms with Crippen LogP contribution in [-0.4, -0.2) is 66.7 Å². The van der Waals surface area contributed by atoms with E-state index in [1.54, 1.807) is 4.90 Å². The van der Waals surface area contributed by atoms with Crippen LogP contribution in [0.1, 0.15) is 34.1 Å². The zero-order chi connectivity index (χ0) is 22.5. The van der Waals surface area contributed by atoms with Crippen LogP contribution >= 0.6 is 15.9 Å². The van der Waals surface area contributed by atoms with Crippen LogP contribution in [0.3, 0.4) is 0 Å². The average Bonchev–Trinajstić information content (AvgIpc) is 2.58. The van der Waals surface area contributed by atoms with Crippen molar-refractivity contribution in [1.82, 2.24) is 9.80 Å². The molecule has 0 saturated carbocycles. The number of ether oxygens (including phenoxy) is 3. The first-order valence-electron chi connectivity index (χ1n) is 9.74. The van der Waals surface area contributed by atoms with Crippen molar-refractivity contribution in [3.63, 3.8) is 0 Å². The van der Waals surface area contributed by atoms with Crippen LogP contribution in [0.4, 0.5) is 18.0 Å². The number of carbonyl (C=O) groups is 1. The average molecular weight is 497 g/mol. The molecule has 1 aliphatic heterocycles. The molecule has 1 aliphatic rings. The third kappa shape index (κ3) is 8.22. The molecule has 30 heavy (non-hydrogen) atoms. The van der Waals surface area contributed by atoms with Crippen LogP contribution in [0.25, 0.3) is 0 Å². The van der Waals surface area contributed by atoms with Crippen molar-refractivity contribution in [2.45, 2.75) is 52.1 Å². The summed E-state index contributed by atoms with van der Waals surface area (Å²) in [5, 5.41) is 0. The highest BCUT2D eigenvalue weighted by molar-refractivity contribution is 9.10. The Morgan fingerprint density at radius 1 is 1.23 bits per heavy atom. The molecule has 1 fully saturated rings. The molecule has 1 atom stereocenters. The Bertz CT molecular complexity index is 725. The van der Waals surface area contributed by atoms with Gasteiger partial charge in [-0.05, 0) is 68.2 Å². The zero-order valence-corrected chi connectivity index (χ0v) is 19.2. The number of nitrogens with zero attached hydrogens (tertiary/aromatic N) is 2. The smallest absolute Gasteiger partial charge is 0.492 e. The largest absolute Gasteiger partial charge is 0.573 e. The molecule has 1 amide bonds. The van der Waals surface area contributed by atoms with Gasteiger partial charge in [-0.1, -0.05) is 0 Å². The second-order valence-corrected chi connectivity index (χ2v) is 9.01. The summed E-state index contributed by atoms with van der Waals surface area (Å²) in [5.41, 5.74) is -0.514. The number of hydrogen-bond donors (Lipinski definition) is 0. The molecule has 1 aromatic carbocycles. The second-order valence-electron chi connectivity index (χ2n) is 8.15. The summed E-state index contributed by atoms with van der Waals surface area (Å²) in [5.74, 6) is 0.144. The fourth-order valence-corrected chi connectivity index (χ4v) is 3.54. The maximum absolute atomic E-state index is 12.3. The first-order valence-corrected chi connectivity index (χ1v) is 10.5. The summed E-state index contributed by atoms with van der Waals surface area (Å²) in [4.78, 5) is 16.2. The van der Waals surface area contributed by atoms with Gasteiger partial charge in [0.2, 0.25) is 0 Å². The highest BCUT2D eigenvalue weighted by atomic mass is 79.9. The van der Waals surface area contributed by atoms with E-state index in [1.165, 1.54) is 18.2 Å². The van der Waals surface area contributed by atoms with E-state index in [0.29, 0.717) is 29.9 Å². The van der Waals surface area contributed by atoms with Crippen LogP contribution in [0, 0.1) is 0 Å². The lowest BCUT2D eigenvalue weighted by Crippen LogP contribution is -2.54. The Morgan fingerprint density at radius 3 is 2.50 bits per heavy atom. The van der Waals surface area contributed by atoms with E-state index in [1.807, 2.05) is 20.8 Å². The Hall–Kier alpha value is -1.68. The normalized spacial score (nSPS) is 18.3. The van der Waals surface area contributed by atoms with Gasteiger partial charge in [0.1, 0.15) is 17.1 Å². The van der Waals surface area contributed by atoms with Crippen LogP contribution in [0.2, 0.25) is 0 Å². The van der Waals surface area contributed by atoms with Gasteiger partial charge in [-0.3, -0.25) is 4.90 Å². The molecule has 170 valence electrons. The number of amides is 1. The van der Waals surface area contributed by atoms with Gasteiger partial charge in [0.05, 0.1) is 11.1 Å². The Labute approximate surface area is 183 Å². The van der Waals surface area contributed by atoms with E-state index in [9.17, 15) is 18.0 Å². The van der Waals surface area contributed by atoms with E-state index in [0.717, 1.165) is 19.5 Å². The molecule has 6 nitrogen and oxygen atoms in total. The summed E-state index contributed by atoms with van der Waals surface area (Å²) in [6.07, 6.45) is -4.28. The molecule has 0 aromatic heterocycles. The predicted octanol–water partition coefficient (Wildman–Crippen LogP) is 5.06. The number of rotatable bonds is 6. The van der Waals surface area contributed by atoms with Gasteiger partial charge >= 0.3 is 12.5 Å². The van der Waals surface area contributed by atoms with Gasteiger partial charge in [0, 0.05) is 32.2 Å². The lowest BCUT2D eigenvalue weighted by Gasteiger charge is -2.40. The summed E-state index contributed by atoms with van der Waals surface area (Å²) in [7, 11) is 0. The topological polar surface area (TPSA) is 51.2 Å². The molecule has 1 heterocycles. The van der Waals surface area contributed by atoms with Crippen molar-refractivity contribution >= 4 is 22.0 Å². The van der Waals surface area contributed by atoms with Crippen molar-refractivity contribution in [3.8, 4) is 11.5 Å². The SMILES string of the molecule is CC1CN(C(=O)OC(C)(C)C)CCN1CCCOc1ccc(OC(F)(F)F)cc1Br. The van der Waals surface area contributed by atoms with Crippen molar-refractivity contribution in [1.29, 1.82) is 0 Å². The van der Waals surface area contributed by atoms with Crippen molar-refractivity contribution in [2.75, 3.05) is 32.8 Å². The third-order valence-electron chi connectivity index (χ3n) is 4.40. The van der Waals surface area contributed by atoms with Crippen LogP contribution in [0.5, 0.6) is 11.5 Å². The molecule has 0 N–H and O–H groups in total. The first-order chi connectivity index (χ1) is 13.8. The van der Waals surface area contributed by atoms with Gasteiger partial charge < -0.3 is 19.1 Å². The molecule has 1 unspecified atom stereocenters. The van der Waals surface area contributed by atoms with E-state index in [4.69, 9.17) is 9.47 Å². The van der Waals surface area contributed by atoms with E-state index in [-0.39, 0.29) is 17.9 Å². The quantitative estimate of drug-likeness (QED) is 0.515. The van der Waals surface area contributed by atoms with E-state index < -0.39 is 12.0 Å². The minimum atomic E-state index is -4.73. The fraction of sp³-hybridized carbons (Fsp3) is 0.650. The molecule has 1 saturated heterocycles. The molecular formula is C20H28BrF3N2O4. The standard InChI is InChI=1S/C20H28BrF3N2O4/c1-14-13-26(18(27)30-19(2,3)4)10-9-25(14)8-5-11-28-17-7-6-15(12-16(17)21)29-20(22,23)24/h6-7,12,14H,5,8-11,13H2,1-4H3. The number of carbonyl (C=O) groups excluding carboxylic acids is 1. The van der Waals surface area contributed by atoms with Gasteiger partial charge in [-0.2, -0.15) is 0 Å². The van der Waals surface area contributed by atoms with Gasteiger partial charge in [0.15, 0.2) is 0 Å². The first kappa shape index (κ1) is 24.6. The minimum absolute atomic E-state index is 0.191.